The molecule has 4 nitrogen and oxygen atoms in total. The van der Waals surface area contributed by atoms with Crippen molar-refractivity contribution in [3.8, 4) is 5.75 Å². The molecule has 2 atom stereocenters. The molecule has 2 rings (SSSR count). The quantitative estimate of drug-likeness (QED) is 0.474. The first-order valence-corrected chi connectivity index (χ1v) is 9.85. The summed E-state index contributed by atoms with van der Waals surface area (Å²) in [6.45, 7) is 9.47. The number of aromatic nitrogens is 1. The molecule has 0 aliphatic heterocycles. The Hall–Kier alpha value is -0.400. The second-order valence-corrected chi connectivity index (χ2v) is 8.05. The van der Waals surface area contributed by atoms with Crippen molar-refractivity contribution in [3.63, 3.8) is 0 Å². The monoisotopic (exact) mass is 447 g/mol. The van der Waals surface area contributed by atoms with Gasteiger partial charge in [0.1, 0.15) is 34.9 Å². The minimum absolute atomic E-state index is 0.273. The van der Waals surface area contributed by atoms with Crippen LogP contribution in [0.15, 0.2) is 18.3 Å². The Labute approximate surface area is 160 Å². The maximum absolute atomic E-state index is 5.96. The van der Waals surface area contributed by atoms with Crippen molar-refractivity contribution in [1.29, 1.82) is 0 Å². The lowest BCUT2D eigenvalue weighted by Gasteiger charge is -2.36. The molecule has 1 aliphatic carbocycles. The molecule has 1 saturated carbocycles. The van der Waals surface area contributed by atoms with E-state index in [0.29, 0.717) is 24.0 Å². The molecule has 2 unspecified atom stereocenters. The smallest absolute Gasteiger partial charge is 0.138 e. The van der Waals surface area contributed by atoms with Crippen LogP contribution in [0.1, 0.15) is 52.7 Å². The van der Waals surface area contributed by atoms with Crippen molar-refractivity contribution < 1.29 is 12.5 Å². The Balaban J connectivity index is 1.71. The number of hydrogen-bond acceptors (Lipinski definition) is 4. The Morgan fingerprint density at radius 1 is 1.12 bits per heavy atom. The summed E-state index contributed by atoms with van der Waals surface area (Å²) in [5.41, 5.74) is 1.13. The SMILES string of the molecule is CC(COI)CC(C)Cc1ccc(OC2CC(OC(C)C)C2)cn1. The first-order chi connectivity index (χ1) is 11.5. The van der Waals surface area contributed by atoms with Crippen LogP contribution in [-0.2, 0) is 14.2 Å². The van der Waals surface area contributed by atoms with Gasteiger partial charge < -0.3 is 12.5 Å². The number of rotatable bonds is 10. The predicted molar refractivity (Wildman–Crippen MR) is 105 cm³/mol. The number of ether oxygens (including phenoxy) is 2. The van der Waals surface area contributed by atoms with Gasteiger partial charge in [-0.15, -0.1) is 0 Å². The van der Waals surface area contributed by atoms with Gasteiger partial charge in [0.15, 0.2) is 0 Å². The number of halogens is 1. The molecule has 0 radical (unpaired) electrons. The molecular weight excluding hydrogens is 417 g/mol. The van der Waals surface area contributed by atoms with Gasteiger partial charge in [-0.25, -0.2) is 0 Å². The highest BCUT2D eigenvalue weighted by atomic mass is 127. The van der Waals surface area contributed by atoms with Gasteiger partial charge in [0, 0.05) is 18.5 Å². The highest BCUT2D eigenvalue weighted by molar-refractivity contribution is 14.1. The van der Waals surface area contributed by atoms with Crippen LogP contribution in [0.4, 0.5) is 0 Å². The summed E-state index contributed by atoms with van der Waals surface area (Å²) in [5, 5.41) is 0. The third-order valence-electron chi connectivity index (χ3n) is 4.33. The van der Waals surface area contributed by atoms with Crippen LogP contribution in [0.5, 0.6) is 5.75 Å². The van der Waals surface area contributed by atoms with Gasteiger partial charge in [-0.1, -0.05) is 13.8 Å². The van der Waals surface area contributed by atoms with Crippen LogP contribution in [0.2, 0.25) is 0 Å². The van der Waals surface area contributed by atoms with E-state index in [1.807, 2.05) is 35.3 Å². The normalized spacial score (nSPS) is 22.9. The number of pyridine rings is 1. The van der Waals surface area contributed by atoms with Gasteiger partial charge in [-0.2, -0.15) is 0 Å². The fourth-order valence-corrected chi connectivity index (χ4v) is 3.82. The second-order valence-electron chi connectivity index (χ2n) is 7.43. The number of hydrogen-bond donors (Lipinski definition) is 0. The van der Waals surface area contributed by atoms with E-state index in [1.54, 1.807) is 0 Å². The zero-order valence-electron chi connectivity index (χ0n) is 15.2. The summed E-state index contributed by atoms with van der Waals surface area (Å²) >= 11 is 1.97. The van der Waals surface area contributed by atoms with Gasteiger partial charge in [0.2, 0.25) is 0 Å². The molecule has 1 aliphatic rings. The summed E-state index contributed by atoms with van der Waals surface area (Å²) < 4.78 is 16.9. The van der Waals surface area contributed by atoms with E-state index in [9.17, 15) is 0 Å². The van der Waals surface area contributed by atoms with E-state index in [0.717, 1.165) is 43.7 Å². The maximum atomic E-state index is 5.96. The highest BCUT2D eigenvalue weighted by Gasteiger charge is 2.32. The van der Waals surface area contributed by atoms with E-state index in [-0.39, 0.29) is 6.10 Å². The lowest BCUT2D eigenvalue weighted by molar-refractivity contribution is -0.0850. The van der Waals surface area contributed by atoms with Crippen molar-refractivity contribution in [2.45, 2.75) is 71.7 Å². The molecule has 24 heavy (non-hydrogen) atoms. The Morgan fingerprint density at radius 3 is 2.46 bits per heavy atom. The molecule has 1 aromatic rings. The van der Waals surface area contributed by atoms with E-state index in [1.165, 1.54) is 0 Å². The number of nitrogens with zero attached hydrogens (tertiary/aromatic N) is 1. The van der Waals surface area contributed by atoms with Gasteiger partial charge in [-0.3, -0.25) is 4.98 Å². The maximum Gasteiger partial charge on any atom is 0.138 e. The Bertz CT molecular complexity index is 474. The zero-order chi connectivity index (χ0) is 17.5. The Morgan fingerprint density at radius 2 is 1.88 bits per heavy atom. The van der Waals surface area contributed by atoms with Crippen LogP contribution in [-0.4, -0.2) is 29.9 Å². The third kappa shape index (κ3) is 6.84. The van der Waals surface area contributed by atoms with Crippen LogP contribution in [0.25, 0.3) is 0 Å². The fourth-order valence-electron chi connectivity index (χ4n) is 3.21. The third-order valence-corrected chi connectivity index (χ3v) is 4.69. The highest BCUT2D eigenvalue weighted by Crippen LogP contribution is 2.29. The topological polar surface area (TPSA) is 40.6 Å². The minimum Gasteiger partial charge on any atom is -0.489 e. The predicted octanol–water partition coefficient (Wildman–Crippen LogP) is 4.99. The minimum atomic E-state index is 0.273. The molecule has 1 fully saturated rings. The van der Waals surface area contributed by atoms with Gasteiger partial charge in [-0.05, 0) is 50.7 Å². The molecule has 0 spiro atoms. The molecule has 0 amide bonds. The standard InChI is InChI=1S/C19H30INO3/c1-13(2)23-18-9-19(10-18)24-17-6-5-16(21-11-17)8-14(3)7-15(4)12-22-20/h5-6,11,13-15,18-19H,7-10,12H2,1-4H3. The largest absolute Gasteiger partial charge is 0.489 e. The van der Waals surface area contributed by atoms with Crippen molar-refractivity contribution >= 4 is 23.0 Å². The zero-order valence-corrected chi connectivity index (χ0v) is 17.4. The molecule has 1 aromatic heterocycles. The summed E-state index contributed by atoms with van der Waals surface area (Å²) in [5.74, 6) is 2.05. The van der Waals surface area contributed by atoms with Crippen LogP contribution < -0.4 is 4.74 Å². The summed E-state index contributed by atoms with van der Waals surface area (Å²) in [4.78, 5) is 4.56. The first kappa shape index (κ1) is 19.9. The molecule has 0 N–H and O–H groups in total. The average molecular weight is 447 g/mol. The average Bonchev–Trinajstić information content (AvgIpc) is 2.46. The molecular formula is C19H30INO3. The van der Waals surface area contributed by atoms with E-state index >= 15 is 0 Å². The van der Waals surface area contributed by atoms with Gasteiger partial charge in [0.05, 0.1) is 25.0 Å². The molecule has 0 aromatic carbocycles. The molecule has 0 saturated heterocycles. The summed E-state index contributed by atoms with van der Waals surface area (Å²) in [6, 6.07) is 4.13. The molecule has 1 heterocycles. The fraction of sp³-hybridized carbons (Fsp3) is 0.737. The summed E-state index contributed by atoms with van der Waals surface area (Å²) in [7, 11) is 0. The van der Waals surface area contributed by atoms with Crippen LogP contribution >= 0.6 is 23.0 Å². The lowest BCUT2D eigenvalue weighted by Crippen LogP contribution is -2.40. The van der Waals surface area contributed by atoms with Crippen molar-refractivity contribution in [3.05, 3.63) is 24.0 Å². The van der Waals surface area contributed by atoms with Crippen molar-refractivity contribution in [1.82, 2.24) is 4.98 Å². The van der Waals surface area contributed by atoms with E-state index in [4.69, 9.17) is 12.5 Å². The lowest BCUT2D eigenvalue weighted by atomic mass is 9.91. The van der Waals surface area contributed by atoms with Gasteiger partial charge in [0.25, 0.3) is 0 Å². The second kappa shape index (κ2) is 9.92. The first-order valence-electron chi connectivity index (χ1n) is 8.96. The van der Waals surface area contributed by atoms with Crippen LogP contribution in [0, 0.1) is 11.8 Å². The Kier molecular flexibility index (Phi) is 8.23. The molecule has 5 heteroatoms. The molecule has 136 valence electrons. The van der Waals surface area contributed by atoms with Gasteiger partial charge >= 0.3 is 0 Å². The van der Waals surface area contributed by atoms with Crippen molar-refractivity contribution in [2.75, 3.05) is 6.61 Å². The van der Waals surface area contributed by atoms with Crippen LogP contribution in [0.3, 0.4) is 0 Å². The van der Waals surface area contributed by atoms with E-state index in [2.05, 4.69) is 38.7 Å². The summed E-state index contributed by atoms with van der Waals surface area (Å²) in [6.07, 6.45) is 6.90. The van der Waals surface area contributed by atoms with Crippen molar-refractivity contribution in [2.24, 2.45) is 11.8 Å². The van der Waals surface area contributed by atoms with E-state index < -0.39 is 0 Å². The molecule has 0 bridgehead atoms.